The van der Waals surface area contributed by atoms with Crippen LogP contribution in [-0.4, -0.2) is 16.0 Å². The highest BCUT2D eigenvalue weighted by Gasteiger charge is 2.13. The van der Waals surface area contributed by atoms with Crippen molar-refractivity contribution >= 4 is 11.8 Å². The Morgan fingerprint density at radius 2 is 1.72 bits per heavy atom. The average Bonchev–Trinajstić information content (AvgIpc) is 2.69. The molecule has 0 atom stereocenters. The first kappa shape index (κ1) is 26.9. The number of allylic oxidation sites excluding steroid dienone is 4. The molecule has 1 saturated carbocycles. The van der Waals surface area contributed by atoms with E-state index in [1.807, 2.05) is 40.0 Å². The molecule has 0 aromatic carbocycles. The van der Waals surface area contributed by atoms with E-state index in [1.54, 1.807) is 6.08 Å². The molecular weight excluding hydrogens is 356 g/mol. The van der Waals surface area contributed by atoms with Crippen molar-refractivity contribution in [2.24, 2.45) is 0 Å². The number of aromatic nitrogens is 2. The molecule has 0 amide bonds. The van der Waals surface area contributed by atoms with Crippen LogP contribution in [0.25, 0.3) is 0 Å². The van der Waals surface area contributed by atoms with Crippen LogP contribution >= 0.6 is 0 Å². The van der Waals surface area contributed by atoms with Gasteiger partial charge in [0.2, 0.25) is 5.95 Å². The molecule has 2 N–H and O–H groups in total. The summed E-state index contributed by atoms with van der Waals surface area (Å²) in [6.45, 7) is 15.5. The van der Waals surface area contributed by atoms with Gasteiger partial charge in [-0.15, -0.1) is 6.58 Å². The molecule has 1 aromatic heterocycles. The Hall–Kier alpha value is -2.10. The zero-order valence-corrected chi connectivity index (χ0v) is 19.7. The Morgan fingerprint density at radius 1 is 1.14 bits per heavy atom. The molecule has 164 valence electrons. The van der Waals surface area contributed by atoms with Crippen LogP contribution in [0.4, 0.5) is 11.8 Å². The summed E-state index contributed by atoms with van der Waals surface area (Å²) >= 11 is 0. The molecule has 2 rings (SSSR count). The number of hydrogen-bond donors (Lipinski definition) is 2. The molecule has 0 spiro atoms. The molecular formula is C25H44N4. The van der Waals surface area contributed by atoms with Gasteiger partial charge in [-0.05, 0) is 46.1 Å². The molecule has 0 radical (unpaired) electrons. The first-order valence-electron chi connectivity index (χ1n) is 11.4. The summed E-state index contributed by atoms with van der Waals surface area (Å²) in [4.78, 5) is 9.15. The second-order valence-electron chi connectivity index (χ2n) is 7.01. The first-order chi connectivity index (χ1) is 14.1. The van der Waals surface area contributed by atoms with Crippen molar-refractivity contribution in [3.8, 4) is 0 Å². The lowest BCUT2D eigenvalue weighted by Crippen LogP contribution is -2.22. The van der Waals surface area contributed by atoms with Crippen molar-refractivity contribution in [1.29, 1.82) is 0 Å². The van der Waals surface area contributed by atoms with Crippen LogP contribution in [0, 0.1) is 6.92 Å². The van der Waals surface area contributed by atoms with Gasteiger partial charge >= 0.3 is 0 Å². The second kappa shape index (κ2) is 18.0. The summed E-state index contributed by atoms with van der Waals surface area (Å²) < 4.78 is 0. The molecule has 0 aliphatic heterocycles. The van der Waals surface area contributed by atoms with E-state index in [-0.39, 0.29) is 0 Å². The van der Waals surface area contributed by atoms with Gasteiger partial charge in [-0.2, -0.15) is 4.98 Å². The predicted octanol–water partition coefficient (Wildman–Crippen LogP) is 7.81. The van der Waals surface area contributed by atoms with Crippen molar-refractivity contribution in [3.05, 3.63) is 48.3 Å². The fraction of sp³-hybridized carbons (Fsp3) is 0.600. The second-order valence-corrected chi connectivity index (χ2v) is 7.01. The van der Waals surface area contributed by atoms with Gasteiger partial charge < -0.3 is 10.6 Å². The van der Waals surface area contributed by atoms with Crippen LogP contribution in [0.2, 0.25) is 0 Å². The minimum Gasteiger partial charge on any atom is -0.367 e. The van der Waals surface area contributed by atoms with Crippen molar-refractivity contribution in [2.45, 2.75) is 99.0 Å². The monoisotopic (exact) mass is 400 g/mol. The highest BCUT2D eigenvalue weighted by molar-refractivity contribution is 5.49. The topological polar surface area (TPSA) is 49.8 Å². The lowest BCUT2D eigenvalue weighted by Gasteiger charge is -2.22. The van der Waals surface area contributed by atoms with E-state index in [0.29, 0.717) is 12.0 Å². The number of aryl methyl sites for hydroxylation is 1. The third-order valence-corrected chi connectivity index (χ3v) is 4.44. The number of rotatable bonds is 6. The smallest absolute Gasteiger partial charge is 0.229 e. The van der Waals surface area contributed by atoms with E-state index >= 15 is 0 Å². The maximum absolute atomic E-state index is 4.72. The van der Waals surface area contributed by atoms with Crippen LogP contribution in [0.1, 0.15) is 91.5 Å². The van der Waals surface area contributed by atoms with Crippen LogP contribution in [0.5, 0.6) is 0 Å². The van der Waals surface area contributed by atoms with Crippen molar-refractivity contribution in [1.82, 2.24) is 9.97 Å². The number of hydrogen-bond acceptors (Lipinski definition) is 4. The van der Waals surface area contributed by atoms with Gasteiger partial charge in [0.1, 0.15) is 5.82 Å². The quantitative estimate of drug-likeness (QED) is 0.377. The van der Waals surface area contributed by atoms with Gasteiger partial charge in [-0.25, -0.2) is 4.98 Å². The van der Waals surface area contributed by atoms with Crippen LogP contribution in [0.3, 0.4) is 0 Å². The molecule has 4 nitrogen and oxygen atoms in total. The van der Waals surface area contributed by atoms with Gasteiger partial charge in [0.15, 0.2) is 0 Å². The Bertz CT molecular complexity index is 597. The lowest BCUT2D eigenvalue weighted by atomic mass is 9.96. The SMILES string of the molecule is C/C=C\C(=C/CC)Nc1ncc(C)c(NC2CCCCCCC2)n1.C=CC.CC. The molecule has 4 heteroatoms. The summed E-state index contributed by atoms with van der Waals surface area (Å²) in [6, 6.07) is 0.535. The standard InChI is InChI=1S/C20H32N4.C3H6.C2H6/c1-4-11-17(12-5-2)23-20-21-15-16(3)19(24-20)22-18-13-9-7-6-8-10-14-18;1-3-2;1-2/h4,11-12,15,18H,5-10,13-14H2,1-3H3,(H2,21,22,23,24);3H,1H2,2H3;1-2H3/b11-4-,17-12+;;. The maximum atomic E-state index is 4.72. The summed E-state index contributed by atoms with van der Waals surface area (Å²) in [5.74, 6) is 1.63. The average molecular weight is 401 g/mol. The van der Waals surface area contributed by atoms with Gasteiger partial charge in [-0.3, -0.25) is 0 Å². The number of anilines is 2. The highest BCUT2D eigenvalue weighted by atomic mass is 15.1. The molecule has 1 aliphatic rings. The van der Waals surface area contributed by atoms with E-state index in [2.05, 4.69) is 48.2 Å². The van der Waals surface area contributed by atoms with E-state index in [1.165, 1.54) is 44.9 Å². The maximum Gasteiger partial charge on any atom is 0.229 e. The first-order valence-corrected chi connectivity index (χ1v) is 11.4. The minimum atomic E-state index is 0.535. The van der Waals surface area contributed by atoms with Crippen LogP contribution in [0.15, 0.2) is 42.8 Å². The Morgan fingerprint density at radius 3 is 2.28 bits per heavy atom. The molecule has 29 heavy (non-hydrogen) atoms. The van der Waals surface area contributed by atoms with Crippen molar-refractivity contribution in [3.63, 3.8) is 0 Å². The molecule has 1 aliphatic carbocycles. The fourth-order valence-electron chi connectivity index (χ4n) is 3.13. The van der Waals surface area contributed by atoms with Crippen molar-refractivity contribution in [2.75, 3.05) is 10.6 Å². The highest BCUT2D eigenvalue weighted by Crippen LogP contribution is 2.22. The molecule has 1 aromatic rings. The van der Waals surface area contributed by atoms with Crippen LogP contribution < -0.4 is 10.6 Å². The van der Waals surface area contributed by atoms with E-state index in [9.17, 15) is 0 Å². The zero-order valence-electron chi connectivity index (χ0n) is 19.7. The van der Waals surface area contributed by atoms with E-state index in [4.69, 9.17) is 4.98 Å². The van der Waals surface area contributed by atoms with E-state index < -0.39 is 0 Å². The van der Waals surface area contributed by atoms with E-state index in [0.717, 1.165) is 23.5 Å². The molecule has 0 bridgehead atoms. The molecule has 0 unspecified atom stereocenters. The van der Waals surface area contributed by atoms with Gasteiger partial charge in [0, 0.05) is 23.5 Å². The molecule has 1 heterocycles. The summed E-state index contributed by atoms with van der Waals surface area (Å²) in [7, 11) is 0. The normalized spacial score (nSPS) is 15.2. The third-order valence-electron chi connectivity index (χ3n) is 4.44. The van der Waals surface area contributed by atoms with Gasteiger partial charge in [0.05, 0.1) is 0 Å². The fourth-order valence-corrected chi connectivity index (χ4v) is 3.13. The van der Waals surface area contributed by atoms with Gasteiger partial charge in [-0.1, -0.05) is 71.1 Å². The Labute approximate surface area is 180 Å². The minimum absolute atomic E-state index is 0.535. The van der Waals surface area contributed by atoms with Crippen molar-refractivity contribution < 1.29 is 0 Å². The molecule has 0 saturated heterocycles. The number of nitrogens with one attached hydrogen (secondary N) is 2. The summed E-state index contributed by atoms with van der Waals surface area (Å²) in [6.07, 6.45) is 20.1. The predicted molar refractivity (Wildman–Crippen MR) is 131 cm³/mol. The third kappa shape index (κ3) is 12.1. The lowest BCUT2D eigenvalue weighted by molar-refractivity contribution is 0.470. The summed E-state index contributed by atoms with van der Waals surface area (Å²) in [5, 5.41) is 6.99. The number of nitrogens with zero attached hydrogens (tertiary/aromatic N) is 2. The molecule has 1 fully saturated rings. The zero-order chi connectivity index (χ0) is 21.9. The summed E-state index contributed by atoms with van der Waals surface area (Å²) in [5.41, 5.74) is 2.15. The van der Waals surface area contributed by atoms with Crippen LogP contribution in [-0.2, 0) is 0 Å². The Kier molecular flexibility index (Phi) is 16.7. The van der Waals surface area contributed by atoms with Gasteiger partial charge in [0.25, 0.3) is 0 Å². The largest absolute Gasteiger partial charge is 0.367 e. The Balaban J connectivity index is 0.00000143.